The van der Waals surface area contributed by atoms with E-state index in [-0.39, 0.29) is 21.7 Å². The third-order valence-corrected chi connectivity index (χ3v) is 0.236. The molecule has 0 unspecified atom stereocenters. The van der Waals surface area contributed by atoms with Gasteiger partial charge in [-0.2, -0.15) is 0 Å². The number of hydrogen-bond acceptors (Lipinski definition) is 0. The minimum absolute atomic E-state index is 0. The zero-order valence-electron chi connectivity index (χ0n) is 2.36. The molecule has 0 radical (unpaired) electrons. The van der Waals surface area contributed by atoms with Gasteiger partial charge in [0.2, 0.25) is 0 Å². The molecular weight excluding hydrogens is 83.9 g/mol. The van der Waals surface area contributed by atoms with Gasteiger partial charge in [-0.05, 0) is 6.42 Å². The summed E-state index contributed by atoms with van der Waals surface area (Å²) in [6, 6.07) is 0. The molecule has 0 aromatic heterocycles. The van der Waals surface area contributed by atoms with E-state index in [9.17, 15) is 0 Å². The van der Waals surface area contributed by atoms with Crippen molar-refractivity contribution in [3.8, 4) is 0 Å². The Morgan fingerprint density at radius 2 is 1.50 bits per heavy atom. The summed E-state index contributed by atoms with van der Waals surface area (Å²) in [6.07, 6.45) is 5.50. The maximum atomic E-state index is 2.12. The van der Waals surface area contributed by atoms with Crippen molar-refractivity contribution >= 4 is 0 Å². The van der Waals surface area contributed by atoms with Gasteiger partial charge >= 0.3 is 0 Å². The first-order valence-corrected chi connectivity index (χ1v) is 1.15. The Morgan fingerprint density at radius 3 is 1.50 bits per heavy atom. The molecule has 0 aromatic carbocycles. The zero-order chi connectivity index (χ0) is 2.12. The Bertz CT molecular complexity index is 26.3. The van der Waals surface area contributed by atoms with Crippen LogP contribution in [0.4, 0.5) is 0 Å². The zero-order valence-corrected chi connectivity index (χ0v) is 3.92. The van der Waals surface area contributed by atoms with E-state index >= 15 is 0 Å². The second-order valence-electron chi connectivity index (χ2n) is 0.707. The minimum atomic E-state index is 0. The standard InChI is InChI=1S/C3H4.Ti/c1-2-3-1;/h1-2H,3H2;. The van der Waals surface area contributed by atoms with E-state index in [1.54, 1.807) is 0 Å². The summed E-state index contributed by atoms with van der Waals surface area (Å²) in [5, 5.41) is 0. The van der Waals surface area contributed by atoms with Crippen molar-refractivity contribution in [2.45, 2.75) is 6.42 Å². The van der Waals surface area contributed by atoms with Gasteiger partial charge in [0, 0.05) is 21.7 Å². The Kier molecular flexibility index (Phi) is 1.94. The van der Waals surface area contributed by atoms with Crippen LogP contribution in [0.2, 0.25) is 0 Å². The van der Waals surface area contributed by atoms with Gasteiger partial charge in [-0.25, -0.2) is 0 Å². The van der Waals surface area contributed by atoms with Gasteiger partial charge in [-0.15, -0.1) is 0 Å². The summed E-state index contributed by atoms with van der Waals surface area (Å²) in [7, 11) is 0. The molecule has 0 aromatic rings. The Morgan fingerprint density at radius 1 is 1.25 bits per heavy atom. The van der Waals surface area contributed by atoms with E-state index in [0.29, 0.717) is 0 Å². The van der Waals surface area contributed by atoms with Gasteiger partial charge in [-0.3, -0.25) is 0 Å². The quantitative estimate of drug-likeness (QED) is 0.305. The van der Waals surface area contributed by atoms with Gasteiger partial charge in [0.05, 0.1) is 0 Å². The summed E-state index contributed by atoms with van der Waals surface area (Å²) in [4.78, 5) is 0. The molecular formula is C3H4Ti. The second-order valence-corrected chi connectivity index (χ2v) is 0.707. The van der Waals surface area contributed by atoms with E-state index < -0.39 is 0 Å². The summed E-state index contributed by atoms with van der Waals surface area (Å²) < 4.78 is 0. The molecule has 0 saturated heterocycles. The average molecular weight is 87.9 g/mol. The van der Waals surface area contributed by atoms with Crippen LogP contribution in [0.25, 0.3) is 0 Å². The third-order valence-electron chi connectivity index (χ3n) is 0.236. The third kappa shape index (κ3) is 2.45. The molecule has 0 N–H and O–H groups in total. The molecule has 0 aliphatic heterocycles. The van der Waals surface area contributed by atoms with Crippen molar-refractivity contribution in [2.24, 2.45) is 0 Å². The fraction of sp³-hybridized carbons (Fsp3) is 0.333. The van der Waals surface area contributed by atoms with Gasteiger partial charge in [0.25, 0.3) is 0 Å². The van der Waals surface area contributed by atoms with Crippen LogP contribution in [-0.4, -0.2) is 0 Å². The van der Waals surface area contributed by atoms with E-state index in [0.717, 1.165) is 0 Å². The summed E-state index contributed by atoms with van der Waals surface area (Å²) in [5.41, 5.74) is 0. The first-order valence-electron chi connectivity index (χ1n) is 1.15. The molecule has 1 aliphatic carbocycles. The average Bonchev–Trinajstić information content (AvgIpc) is 1.46. The first kappa shape index (κ1) is 4.45. The molecule has 0 spiro atoms. The van der Waals surface area contributed by atoms with Gasteiger partial charge < -0.3 is 0 Å². The van der Waals surface area contributed by atoms with Crippen LogP contribution in [0.1, 0.15) is 6.42 Å². The van der Waals surface area contributed by atoms with E-state index in [1.165, 1.54) is 6.42 Å². The molecule has 4 heavy (non-hydrogen) atoms. The van der Waals surface area contributed by atoms with Crippen molar-refractivity contribution in [1.29, 1.82) is 0 Å². The monoisotopic (exact) mass is 88.0 g/mol. The van der Waals surface area contributed by atoms with Crippen LogP contribution in [0.5, 0.6) is 0 Å². The predicted molar refractivity (Wildman–Crippen MR) is 13.8 cm³/mol. The molecule has 0 amide bonds. The first-order chi connectivity index (χ1) is 1.50. The predicted octanol–water partition coefficient (Wildman–Crippen LogP) is 0.944. The van der Waals surface area contributed by atoms with Gasteiger partial charge in [-0.1, -0.05) is 12.2 Å². The number of rotatable bonds is 0. The Labute approximate surface area is 40.8 Å². The van der Waals surface area contributed by atoms with Crippen molar-refractivity contribution in [1.82, 2.24) is 0 Å². The number of allylic oxidation sites excluding steroid dienone is 2. The molecule has 0 nitrogen and oxygen atoms in total. The van der Waals surface area contributed by atoms with Crippen LogP contribution in [-0.2, 0) is 21.7 Å². The smallest absolute Gasteiger partial charge is 0 e. The van der Waals surface area contributed by atoms with Crippen LogP contribution < -0.4 is 0 Å². The van der Waals surface area contributed by atoms with Crippen molar-refractivity contribution in [3.63, 3.8) is 0 Å². The van der Waals surface area contributed by atoms with Crippen molar-refractivity contribution < 1.29 is 21.7 Å². The van der Waals surface area contributed by atoms with Gasteiger partial charge in [0.15, 0.2) is 0 Å². The molecule has 20 valence electrons. The maximum absolute atomic E-state index is 2.12. The topological polar surface area (TPSA) is 0 Å². The van der Waals surface area contributed by atoms with Crippen LogP contribution in [0, 0.1) is 0 Å². The van der Waals surface area contributed by atoms with E-state index in [2.05, 4.69) is 12.2 Å². The summed E-state index contributed by atoms with van der Waals surface area (Å²) in [5.74, 6) is 0. The molecule has 1 rings (SSSR count). The molecule has 1 heteroatoms. The molecule has 0 atom stereocenters. The van der Waals surface area contributed by atoms with Crippen molar-refractivity contribution in [3.05, 3.63) is 12.2 Å². The molecule has 0 heterocycles. The SMILES string of the molecule is C1=CC1.[Ti]. The van der Waals surface area contributed by atoms with Crippen LogP contribution in [0.15, 0.2) is 12.2 Å². The van der Waals surface area contributed by atoms with E-state index in [1.807, 2.05) is 0 Å². The van der Waals surface area contributed by atoms with Crippen molar-refractivity contribution in [2.75, 3.05) is 0 Å². The van der Waals surface area contributed by atoms with E-state index in [4.69, 9.17) is 0 Å². The molecule has 0 saturated carbocycles. The normalized spacial score (nSPS) is 14.0. The number of hydrogen-bond donors (Lipinski definition) is 0. The summed E-state index contributed by atoms with van der Waals surface area (Å²) in [6.45, 7) is 0. The minimum Gasteiger partial charge on any atom is -0.0844 e. The fourth-order valence-corrected chi connectivity index (χ4v) is 0. The van der Waals surface area contributed by atoms with Gasteiger partial charge in [0.1, 0.15) is 0 Å². The molecule has 0 fully saturated rings. The summed E-state index contributed by atoms with van der Waals surface area (Å²) >= 11 is 0. The Hall–Kier alpha value is 0.454. The molecule has 1 aliphatic rings. The molecule has 0 bridgehead atoms. The second kappa shape index (κ2) is 1.74. The largest absolute Gasteiger partial charge is 0.0844 e. The van der Waals surface area contributed by atoms with Crippen LogP contribution in [0.3, 0.4) is 0 Å². The van der Waals surface area contributed by atoms with Crippen LogP contribution >= 0.6 is 0 Å². The maximum Gasteiger partial charge on any atom is 0 e. The fourth-order valence-electron chi connectivity index (χ4n) is 0. The Balaban J connectivity index is 0.0000000900.